The molecule has 1 aromatic rings. The standard InChI is InChI=1S/C17H25N3O/c1-14-3-5-15(6-4-14)13-17(7-2-8-19-17)16(21)20-11-9-18-10-12-20/h3-6,18-19H,2,7-13H2,1H3. The molecule has 0 radical (unpaired) electrons. The molecule has 0 bridgehead atoms. The molecule has 2 aliphatic heterocycles. The van der Waals surface area contributed by atoms with E-state index in [1.165, 1.54) is 11.1 Å². The second-order valence-electron chi connectivity index (χ2n) is 6.32. The Labute approximate surface area is 126 Å². The van der Waals surface area contributed by atoms with Gasteiger partial charge in [0, 0.05) is 26.2 Å². The van der Waals surface area contributed by atoms with E-state index in [0.717, 1.165) is 52.0 Å². The van der Waals surface area contributed by atoms with Crippen molar-refractivity contribution in [2.24, 2.45) is 0 Å². The summed E-state index contributed by atoms with van der Waals surface area (Å²) < 4.78 is 0. The van der Waals surface area contributed by atoms with Gasteiger partial charge in [-0.05, 0) is 38.3 Å². The molecule has 0 aliphatic carbocycles. The van der Waals surface area contributed by atoms with Crippen LogP contribution in [0, 0.1) is 6.92 Å². The Bertz CT molecular complexity index is 485. The number of amides is 1. The fraction of sp³-hybridized carbons (Fsp3) is 0.588. The Kier molecular flexibility index (Phi) is 4.27. The van der Waals surface area contributed by atoms with E-state index < -0.39 is 0 Å². The highest BCUT2D eigenvalue weighted by Gasteiger charge is 2.43. The minimum atomic E-state index is -0.382. The van der Waals surface area contributed by atoms with Gasteiger partial charge in [0.15, 0.2) is 0 Å². The number of hydrogen-bond acceptors (Lipinski definition) is 3. The van der Waals surface area contributed by atoms with Gasteiger partial charge in [-0.2, -0.15) is 0 Å². The number of benzene rings is 1. The maximum atomic E-state index is 13.0. The van der Waals surface area contributed by atoms with E-state index in [-0.39, 0.29) is 5.54 Å². The first kappa shape index (κ1) is 14.5. The summed E-state index contributed by atoms with van der Waals surface area (Å²) in [6.45, 7) is 6.52. The van der Waals surface area contributed by atoms with Gasteiger partial charge in [-0.3, -0.25) is 4.79 Å². The van der Waals surface area contributed by atoms with Crippen molar-refractivity contribution in [3.63, 3.8) is 0 Å². The van der Waals surface area contributed by atoms with Gasteiger partial charge < -0.3 is 15.5 Å². The lowest BCUT2D eigenvalue weighted by Gasteiger charge is -2.37. The van der Waals surface area contributed by atoms with Crippen molar-refractivity contribution < 1.29 is 4.79 Å². The lowest BCUT2D eigenvalue weighted by molar-refractivity contribution is -0.138. The largest absolute Gasteiger partial charge is 0.339 e. The van der Waals surface area contributed by atoms with Crippen LogP contribution in [0.5, 0.6) is 0 Å². The fourth-order valence-electron chi connectivity index (χ4n) is 3.44. The Hall–Kier alpha value is -1.39. The van der Waals surface area contributed by atoms with Crippen molar-refractivity contribution >= 4 is 5.91 Å². The molecule has 3 rings (SSSR count). The second kappa shape index (κ2) is 6.16. The van der Waals surface area contributed by atoms with Gasteiger partial charge in [-0.1, -0.05) is 29.8 Å². The molecule has 2 aliphatic rings. The Morgan fingerprint density at radius 1 is 1.19 bits per heavy atom. The predicted molar refractivity (Wildman–Crippen MR) is 84.3 cm³/mol. The molecule has 4 heteroatoms. The molecule has 1 aromatic carbocycles. The molecule has 2 N–H and O–H groups in total. The van der Waals surface area contributed by atoms with E-state index in [9.17, 15) is 4.79 Å². The van der Waals surface area contributed by atoms with Gasteiger partial charge in [0.2, 0.25) is 5.91 Å². The summed E-state index contributed by atoms with van der Waals surface area (Å²) >= 11 is 0. The minimum Gasteiger partial charge on any atom is -0.339 e. The molecule has 2 saturated heterocycles. The number of nitrogens with one attached hydrogen (secondary N) is 2. The summed E-state index contributed by atoms with van der Waals surface area (Å²) in [7, 11) is 0. The molecule has 2 heterocycles. The van der Waals surface area contributed by atoms with Gasteiger partial charge >= 0.3 is 0 Å². The molecule has 2 fully saturated rings. The Morgan fingerprint density at radius 3 is 2.52 bits per heavy atom. The third-order valence-corrected chi connectivity index (χ3v) is 4.68. The minimum absolute atomic E-state index is 0.294. The average Bonchev–Trinajstić information content (AvgIpc) is 2.99. The summed E-state index contributed by atoms with van der Waals surface area (Å²) in [5.74, 6) is 0.294. The summed E-state index contributed by atoms with van der Waals surface area (Å²) in [4.78, 5) is 15.1. The highest BCUT2D eigenvalue weighted by atomic mass is 16.2. The molecule has 1 atom stereocenters. The monoisotopic (exact) mass is 287 g/mol. The second-order valence-corrected chi connectivity index (χ2v) is 6.32. The summed E-state index contributed by atoms with van der Waals surface area (Å²) in [5, 5.41) is 6.83. The van der Waals surface area contributed by atoms with Crippen molar-refractivity contribution in [3.8, 4) is 0 Å². The number of carbonyl (C=O) groups excluding carboxylic acids is 1. The van der Waals surface area contributed by atoms with Crippen LogP contribution >= 0.6 is 0 Å². The molecular weight excluding hydrogens is 262 g/mol. The highest BCUT2D eigenvalue weighted by molar-refractivity contribution is 5.87. The van der Waals surface area contributed by atoms with Crippen molar-refractivity contribution in [2.75, 3.05) is 32.7 Å². The van der Waals surface area contributed by atoms with Crippen molar-refractivity contribution in [1.82, 2.24) is 15.5 Å². The Balaban J connectivity index is 1.78. The zero-order chi connectivity index (χ0) is 14.7. The van der Waals surface area contributed by atoms with Crippen LogP contribution in [-0.2, 0) is 11.2 Å². The summed E-state index contributed by atoms with van der Waals surface area (Å²) in [5.41, 5.74) is 2.13. The van der Waals surface area contributed by atoms with E-state index in [1.807, 2.05) is 4.90 Å². The first-order chi connectivity index (χ1) is 10.2. The molecule has 21 heavy (non-hydrogen) atoms. The van der Waals surface area contributed by atoms with Gasteiger partial charge in [0.1, 0.15) is 5.54 Å². The number of rotatable bonds is 3. The van der Waals surface area contributed by atoms with Crippen LogP contribution in [-0.4, -0.2) is 49.1 Å². The lowest BCUT2D eigenvalue weighted by Crippen LogP contribution is -2.59. The van der Waals surface area contributed by atoms with E-state index >= 15 is 0 Å². The zero-order valence-corrected chi connectivity index (χ0v) is 12.8. The van der Waals surface area contributed by atoms with E-state index in [2.05, 4.69) is 41.8 Å². The first-order valence-electron chi connectivity index (χ1n) is 8.00. The lowest BCUT2D eigenvalue weighted by atomic mass is 9.87. The highest BCUT2D eigenvalue weighted by Crippen LogP contribution is 2.27. The van der Waals surface area contributed by atoms with Crippen molar-refractivity contribution in [2.45, 2.75) is 31.7 Å². The molecule has 114 valence electrons. The van der Waals surface area contributed by atoms with Gasteiger partial charge in [0.25, 0.3) is 0 Å². The van der Waals surface area contributed by atoms with Crippen molar-refractivity contribution in [3.05, 3.63) is 35.4 Å². The number of piperazine rings is 1. The number of nitrogens with zero attached hydrogens (tertiary/aromatic N) is 1. The molecule has 1 amide bonds. The van der Waals surface area contributed by atoms with Gasteiger partial charge in [-0.15, -0.1) is 0 Å². The fourth-order valence-corrected chi connectivity index (χ4v) is 3.44. The van der Waals surface area contributed by atoms with Crippen LogP contribution in [0.1, 0.15) is 24.0 Å². The smallest absolute Gasteiger partial charge is 0.243 e. The maximum Gasteiger partial charge on any atom is 0.243 e. The first-order valence-corrected chi connectivity index (χ1v) is 8.00. The van der Waals surface area contributed by atoms with E-state index in [1.54, 1.807) is 0 Å². The molecule has 4 nitrogen and oxygen atoms in total. The molecule has 1 unspecified atom stereocenters. The van der Waals surface area contributed by atoms with Crippen LogP contribution in [0.4, 0.5) is 0 Å². The maximum absolute atomic E-state index is 13.0. The van der Waals surface area contributed by atoms with Gasteiger partial charge in [-0.25, -0.2) is 0 Å². The third-order valence-electron chi connectivity index (χ3n) is 4.68. The van der Waals surface area contributed by atoms with Crippen LogP contribution in [0.25, 0.3) is 0 Å². The van der Waals surface area contributed by atoms with Crippen LogP contribution in [0.3, 0.4) is 0 Å². The average molecular weight is 287 g/mol. The number of carbonyl (C=O) groups is 1. The van der Waals surface area contributed by atoms with E-state index in [4.69, 9.17) is 0 Å². The predicted octanol–water partition coefficient (Wildman–Crippen LogP) is 1.09. The van der Waals surface area contributed by atoms with Gasteiger partial charge in [0.05, 0.1) is 0 Å². The summed E-state index contributed by atoms with van der Waals surface area (Å²) in [6.07, 6.45) is 2.84. The zero-order valence-electron chi connectivity index (χ0n) is 12.8. The molecule has 0 saturated carbocycles. The molecule has 0 spiro atoms. The van der Waals surface area contributed by atoms with E-state index in [0.29, 0.717) is 5.91 Å². The van der Waals surface area contributed by atoms with Crippen LogP contribution in [0.15, 0.2) is 24.3 Å². The van der Waals surface area contributed by atoms with Crippen LogP contribution < -0.4 is 10.6 Å². The SMILES string of the molecule is Cc1ccc(CC2(C(=O)N3CCNCC3)CCCN2)cc1. The number of hydrogen-bond donors (Lipinski definition) is 2. The summed E-state index contributed by atoms with van der Waals surface area (Å²) in [6, 6.07) is 8.57. The Morgan fingerprint density at radius 2 is 1.90 bits per heavy atom. The quantitative estimate of drug-likeness (QED) is 0.875. The van der Waals surface area contributed by atoms with Crippen molar-refractivity contribution in [1.29, 1.82) is 0 Å². The topological polar surface area (TPSA) is 44.4 Å². The number of aryl methyl sites for hydroxylation is 1. The third kappa shape index (κ3) is 3.11. The molecule has 0 aromatic heterocycles. The normalized spacial score (nSPS) is 26.0. The van der Waals surface area contributed by atoms with Crippen LogP contribution in [0.2, 0.25) is 0 Å². The molecular formula is C17H25N3O.